The van der Waals surface area contributed by atoms with Gasteiger partial charge in [0, 0.05) is 19.1 Å². The highest BCUT2D eigenvalue weighted by Gasteiger charge is 2.22. The van der Waals surface area contributed by atoms with Gasteiger partial charge < -0.3 is 15.1 Å². The van der Waals surface area contributed by atoms with Crippen LogP contribution in [-0.4, -0.2) is 29.9 Å². The van der Waals surface area contributed by atoms with Gasteiger partial charge in [-0.1, -0.05) is 0 Å². The van der Waals surface area contributed by atoms with Crippen molar-refractivity contribution in [2.45, 2.75) is 18.9 Å². The Hall–Kier alpha value is -1.29. The minimum absolute atomic E-state index is 0.0221. The Morgan fingerprint density at radius 2 is 2.50 bits per heavy atom. The van der Waals surface area contributed by atoms with E-state index in [2.05, 4.69) is 0 Å². The van der Waals surface area contributed by atoms with E-state index in [1.165, 1.54) is 12.5 Å². The van der Waals surface area contributed by atoms with E-state index < -0.39 is 0 Å². The molecule has 2 N–H and O–H groups in total. The van der Waals surface area contributed by atoms with Gasteiger partial charge in [-0.3, -0.25) is 4.79 Å². The number of carbonyl (C=O) groups is 1. The van der Waals surface area contributed by atoms with E-state index in [4.69, 9.17) is 10.2 Å². The van der Waals surface area contributed by atoms with Gasteiger partial charge in [0.1, 0.15) is 6.26 Å². The van der Waals surface area contributed by atoms with Gasteiger partial charge in [0.25, 0.3) is 5.91 Å². The molecule has 0 spiro atoms. The van der Waals surface area contributed by atoms with Gasteiger partial charge in [-0.2, -0.15) is 0 Å². The molecule has 0 aromatic carbocycles. The van der Waals surface area contributed by atoms with Crippen LogP contribution >= 0.6 is 0 Å². The zero-order valence-electron chi connectivity index (χ0n) is 7.98. The highest BCUT2D eigenvalue weighted by atomic mass is 16.3. The maximum Gasteiger partial charge on any atom is 0.257 e. The van der Waals surface area contributed by atoms with Gasteiger partial charge in [-0.15, -0.1) is 0 Å². The van der Waals surface area contributed by atoms with Crippen LogP contribution in [0.2, 0.25) is 0 Å². The van der Waals surface area contributed by atoms with Crippen LogP contribution in [0, 0.1) is 0 Å². The molecule has 0 bridgehead atoms. The van der Waals surface area contributed by atoms with E-state index >= 15 is 0 Å². The van der Waals surface area contributed by atoms with Crippen LogP contribution in [0.1, 0.15) is 23.2 Å². The van der Waals surface area contributed by atoms with Gasteiger partial charge >= 0.3 is 0 Å². The lowest BCUT2D eigenvalue weighted by Crippen LogP contribution is -2.45. The van der Waals surface area contributed by atoms with Crippen molar-refractivity contribution in [3.63, 3.8) is 0 Å². The molecule has 1 aliphatic heterocycles. The molecule has 0 saturated carbocycles. The average molecular weight is 194 g/mol. The molecule has 1 fully saturated rings. The topological polar surface area (TPSA) is 59.5 Å². The second-order valence-corrected chi connectivity index (χ2v) is 3.67. The molecule has 1 aromatic rings. The molecule has 1 amide bonds. The first-order valence-corrected chi connectivity index (χ1v) is 4.84. The molecule has 1 aromatic heterocycles. The standard InChI is InChI=1S/C10H14N2O2/c11-9-2-1-4-12(6-9)10(13)8-3-5-14-7-8/h3,5,7,9H,1-2,4,6,11H2/t9-/m1/s1. The first kappa shape index (κ1) is 9.27. The number of hydrogen-bond donors (Lipinski definition) is 1. The van der Waals surface area contributed by atoms with E-state index in [9.17, 15) is 4.79 Å². The monoisotopic (exact) mass is 194 g/mol. The second kappa shape index (κ2) is 3.84. The van der Waals surface area contributed by atoms with Crippen molar-refractivity contribution in [2.24, 2.45) is 5.73 Å². The van der Waals surface area contributed by atoms with Crippen molar-refractivity contribution in [1.29, 1.82) is 0 Å². The average Bonchev–Trinajstić information content (AvgIpc) is 2.69. The third-order valence-electron chi connectivity index (χ3n) is 2.51. The molecule has 0 unspecified atom stereocenters. The van der Waals surface area contributed by atoms with Gasteiger partial charge in [-0.05, 0) is 18.9 Å². The van der Waals surface area contributed by atoms with Crippen LogP contribution in [0.15, 0.2) is 23.0 Å². The Bertz CT molecular complexity index is 308. The van der Waals surface area contributed by atoms with Crippen molar-refractivity contribution >= 4 is 5.91 Å². The Morgan fingerprint density at radius 3 is 3.14 bits per heavy atom. The van der Waals surface area contributed by atoms with E-state index in [-0.39, 0.29) is 11.9 Å². The van der Waals surface area contributed by atoms with Gasteiger partial charge in [0.15, 0.2) is 0 Å². The summed E-state index contributed by atoms with van der Waals surface area (Å²) in [5, 5.41) is 0. The minimum atomic E-state index is 0.0221. The van der Waals surface area contributed by atoms with E-state index in [0.29, 0.717) is 12.1 Å². The first-order valence-electron chi connectivity index (χ1n) is 4.84. The molecule has 2 rings (SSSR count). The molecular formula is C10H14N2O2. The largest absolute Gasteiger partial charge is 0.472 e. The van der Waals surface area contributed by atoms with Crippen molar-refractivity contribution in [2.75, 3.05) is 13.1 Å². The molecule has 14 heavy (non-hydrogen) atoms. The zero-order valence-corrected chi connectivity index (χ0v) is 7.98. The molecule has 4 nitrogen and oxygen atoms in total. The molecule has 2 heterocycles. The minimum Gasteiger partial charge on any atom is -0.472 e. The van der Waals surface area contributed by atoms with Crippen LogP contribution in [0.3, 0.4) is 0 Å². The van der Waals surface area contributed by atoms with E-state index in [0.717, 1.165) is 19.4 Å². The van der Waals surface area contributed by atoms with Crippen LogP contribution < -0.4 is 5.73 Å². The number of piperidine rings is 1. The number of amides is 1. The summed E-state index contributed by atoms with van der Waals surface area (Å²) in [6.45, 7) is 1.46. The summed E-state index contributed by atoms with van der Waals surface area (Å²) < 4.78 is 4.87. The van der Waals surface area contributed by atoms with E-state index in [1.807, 2.05) is 0 Å². The number of hydrogen-bond acceptors (Lipinski definition) is 3. The van der Waals surface area contributed by atoms with Crippen molar-refractivity contribution in [3.05, 3.63) is 24.2 Å². The van der Waals surface area contributed by atoms with Crippen molar-refractivity contribution < 1.29 is 9.21 Å². The number of nitrogens with two attached hydrogens (primary N) is 1. The van der Waals surface area contributed by atoms with Crippen LogP contribution in [-0.2, 0) is 0 Å². The molecule has 1 saturated heterocycles. The quantitative estimate of drug-likeness (QED) is 0.720. The maximum atomic E-state index is 11.8. The predicted molar refractivity (Wildman–Crippen MR) is 51.8 cm³/mol. The Balaban J connectivity index is 2.04. The van der Waals surface area contributed by atoms with Crippen LogP contribution in [0.5, 0.6) is 0 Å². The third-order valence-corrected chi connectivity index (χ3v) is 2.51. The second-order valence-electron chi connectivity index (χ2n) is 3.67. The first-order chi connectivity index (χ1) is 6.77. The number of furan rings is 1. The van der Waals surface area contributed by atoms with E-state index in [1.54, 1.807) is 11.0 Å². The highest BCUT2D eigenvalue weighted by Crippen LogP contribution is 2.12. The lowest BCUT2D eigenvalue weighted by molar-refractivity contribution is 0.0708. The van der Waals surface area contributed by atoms with Gasteiger partial charge in [0.05, 0.1) is 11.8 Å². The summed E-state index contributed by atoms with van der Waals surface area (Å²) in [4.78, 5) is 13.6. The Labute approximate surface area is 82.7 Å². The number of nitrogens with zero attached hydrogens (tertiary/aromatic N) is 1. The number of carbonyl (C=O) groups excluding carboxylic acids is 1. The fourth-order valence-electron chi connectivity index (χ4n) is 1.76. The summed E-state index contributed by atoms with van der Waals surface area (Å²) >= 11 is 0. The third kappa shape index (κ3) is 1.80. The SMILES string of the molecule is N[C@@H]1CCCN(C(=O)c2ccoc2)C1. The molecule has 0 radical (unpaired) electrons. The van der Waals surface area contributed by atoms with Crippen LogP contribution in [0.4, 0.5) is 0 Å². The summed E-state index contributed by atoms with van der Waals surface area (Å²) in [7, 11) is 0. The molecular weight excluding hydrogens is 180 g/mol. The molecule has 76 valence electrons. The van der Waals surface area contributed by atoms with Crippen molar-refractivity contribution in [3.8, 4) is 0 Å². The smallest absolute Gasteiger partial charge is 0.257 e. The normalized spacial score (nSPS) is 22.4. The Kier molecular flexibility index (Phi) is 2.54. The fraction of sp³-hybridized carbons (Fsp3) is 0.500. The Morgan fingerprint density at radius 1 is 1.64 bits per heavy atom. The molecule has 1 atom stereocenters. The zero-order chi connectivity index (χ0) is 9.97. The number of likely N-dealkylation sites (tertiary alicyclic amines) is 1. The summed E-state index contributed by atoms with van der Waals surface area (Å²) in [6.07, 6.45) is 4.99. The molecule has 4 heteroatoms. The molecule has 1 aliphatic rings. The summed E-state index contributed by atoms with van der Waals surface area (Å²) in [6, 6.07) is 1.81. The lowest BCUT2D eigenvalue weighted by atomic mass is 10.1. The summed E-state index contributed by atoms with van der Waals surface area (Å²) in [5.74, 6) is 0.0221. The van der Waals surface area contributed by atoms with Crippen molar-refractivity contribution in [1.82, 2.24) is 4.90 Å². The molecule has 0 aliphatic carbocycles. The van der Waals surface area contributed by atoms with Gasteiger partial charge in [-0.25, -0.2) is 0 Å². The maximum absolute atomic E-state index is 11.8. The van der Waals surface area contributed by atoms with Crippen LogP contribution in [0.25, 0.3) is 0 Å². The highest BCUT2D eigenvalue weighted by molar-refractivity contribution is 5.93. The number of rotatable bonds is 1. The van der Waals surface area contributed by atoms with Gasteiger partial charge in [0.2, 0.25) is 0 Å². The lowest BCUT2D eigenvalue weighted by Gasteiger charge is -2.30. The summed E-state index contributed by atoms with van der Waals surface area (Å²) in [5.41, 5.74) is 6.41. The predicted octanol–water partition coefficient (Wildman–Crippen LogP) is 0.843. The fourth-order valence-corrected chi connectivity index (χ4v) is 1.76.